The van der Waals surface area contributed by atoms with E-state index in [2.05, 4.69) is 47.2 Å². The van der Waals surface area contributed by atoms with Crippen LogP contribution >= 0.6 is 0 Å². The zero-order valence-corrected chi connectivity index (χ0v) is 67.5. The molecule has 0 unspecified atom stereocenters. The van der Waals surface area contributed by atoms with Gasteiger partial charge < -0.3 is 52.4 Å². The zero-order chi connectivity index (χ0) is 81.7. The summed E-state index contributed by atoms with van der Waals surface area (Å²) in [6, 6.07) is 50.3. The van der Waals surface area contributed by atoms with E-state index in [0.717, 1.165) is 94.8 Å². The number of amides is 6. The van der Waals surface area contributed by atoms with Crippen LogP contribution in [-0.2, 0) is 80.6 Å². The van der Waals surface area contributed by atoms with Crippen LogP contribution in [0.25, 0.3) is 0 Å². The fourth-order valence-corrected chi connectivity index (χ4v) is 8.57. The van der Waals surface area contributed by atoms with Crippen LogP contribution in [-0.4, -0.2) is 82.1 Å². The third-order valence-corrected chi connectivity index (χ3v) is 17.8. The summed E-state index contributed by atoms with van der Waals surface area (Å²) in [6.45, 7) is 36.2. The van der Waals surface area contributed by atoms with Crippen molar-refractivity contribution in [1.29, 1.82) is 0 Å². The molecule has 109 heavy (non-hydrogen) atoms. The molecule has 0 aliphatic heterocycles. The normalized spacial score (nSPS) is 11.6. The molecule has 0 aliphatic carbocycles. The van der Waals surface area contributed by atoms with Crippen molar-refractivity contribution in [3.05, 3.63) is 214 Å². The number of nitrogens with two attached hydrogens (primary N) is 1. The van der Waals surface area contributed by atoms with Crippen LogP contribution in [0.1, 0.15) is 209 Å². The average molecular weight is 1500 g/mol. The number of para-hydroxylation sites is 1. The second-order valence-electron chi connectivity index (χ2n) is 28.0. The van der Waals surface area contributed by atoms with E-state index in [1.165, 1.54) is 13.8 Å². The van der Waals surface area contributed by atoms with Crippen molar-refractivity contribution in [2.75, 3.05) is 34.5 Å². The van der Waals surface area contributed by atoms with Crippen LogP contribution in [0.5, 0.6) is 0 Å². The first-order valence-electron chi connectivity index (χ1n) is 37.4. The van der Waals surface area contributed by atoms with Crippen LogP contribution in [0.3, 0.4) is 0 Å². The van der Waals surface area contributed by atoms with Gasteiger partial charge in [0.05, 0.1) is 11.1 Å². The van der Waals surface area contributed by atoms with Crippen LogP contribution in [0, 0.1) is 48.3 Å². The molecule has 0 saturated heterocycles. The van der Waals surface area contributed by atoms with Crippen molar-refractivity contribution in [3.8, 4) is 0 Å². The molecular weight excluding hydrogens is 1380 g/mol. The van der Waals surface area contributed by atoms with Crippen molar-refractivity contribution in [2.45, 2.75) is 196 Å². The molecule has 6 amide bonds. The molecule has 9 N–H and O–H groups in total. The van der Waals surface area contributed by atoms with Crippen molar-refractivity contribution < 1.29 is 57.4 Å². The lowest BCUT2D eigenvalue weighted by Crippen LogP contribution is -2.29. The van der Waals surface area contributed by atoms with E-state index in [-0.39, 0.29) is 94.7 Å². The Hall–Kier alpha value is -10.7. The Morgan fingerprint density at radius 2 is 0.697 bits per heavy atom. The van der Waals surface area contributed by atoms with Gasteiger partial charge in [-0.25, -0.2) is 19.6 Å². The number of aromatic nitrogens is 2. The van der Waals surface area contributed by atoms with Crippen LogP contribution < -0.4 is 43.0 Å². The number of Topliss-reactive ketones (excluding diaryl/α,β-unsaturated/α-hetero) is 2. The van der Waals surface area contributed by atoms with E-state index in [1.54, 1.807) is 48.5 Å². The highest BCUT2D eigenvalue weighted by molar-refractivity contribution is 5.96. The number of ketones is 2. The molecule has 22 nitrogen and oxygen atoms in total. The number of carbonyl (C=O) groups is 10. The number of benzene rings is 6. The van der Waals surface area contributed by atoms with Crippen LogP contribution in [0.15, 0.2) is 164 Å². The number of nitrogens with zero attached hydrogens (tertiary/aromatic N) is 2. The van der Waals surface area contributed by atoms with Gasteiger partial charge in [0.1, 0.15) is 13.2 Å². The smallest absolute Gasteiger partial charge is 0.338 e. The van der Waals surface area contributed by atoms with Crippen molar-refractivity contribution in [1.82, 2.24) is 25.9 Å². The molecule has 4 atom stereocenters. The Morgan fingerprint density at radius 3 is 1.03 bits per heavy atom. The lowest BCUT2D eigenvalue weighted by molar-refractivity contribution is -0.125. The fraction of sp³-hybridized carbons (Fsp3) is 0.425. The largest absolute Gasteiger partial charge is 0.454 e. The zero-order valence-electron chi connectivity index (χ0n) is 67.5. The molecule has 0 fully saturated rings. The second-order valence-corrected chi connectivity index (χ2v) is 28.0. The van der Waals surface area contributed by atoms with Gasteiger partial charge in [0, 0.05) is 95.7 Å². The molecule has 0 saturated carbocycles. The van der Waals surface area contributed by atoms with Gasteiger partial charge in [-0.1, -0.05) is 194 Å². The molecule has 6 aromatic carbocycles. The molecular formula is C87H120N10O12. The lowest BCUT2D eigenvalue weighted by atomic mass is 9.89. The summed E-state index contributed by atoms with van der Waals surface area (Å²) in [5, 5.41) is 20.5. The van der Waals surface area contributed by atoms with E-state index in [4.69, 9.17) is 15.2 Å². The second kappa shape index (κ2) is 50.7. The quantitative estimate of drug-likeness (QED) is 0.0187. The number of ether oxygens (including phenoxy) is 2. The van der Waals surface area contributed by atoms with Crippen LogP contribution in [0.2, 0.25) is 0 Å². The predicted octanol–water partition coefficient (Wildman–Crippen LogP) is 15.8. The summed E-state index contributed by atoms with van der Waals surface area (Å²) >= 11 is 0. The molecule has 1 aromatic heterocycles. The topological polar surface area (TPSA) is 325 Å². The van der Waals surface area contributed by atoms with Gasteiger partial charge in [-0.15, -0.1) is 0 Å². The molecule has 590 valence electrons. The highest BCUT2D eigenvalue weighted by Crippen LogP contribution is 2.24. The van der Waals surface area contributed by atoms with Gasteiger partial charge in [0.15, 0.2) is 11.6 Å². The number of hydrogen-bond donors (Lipinski definition) is 8. The van der Waals surface area contributed by atoms with Crippen molar-refractivity contribution >= 4 is 82.0 Å². The first-order valence-corrected chi connectivity index (χ1v) is 37.4. The summed E-state index contributed by atoms with van der Waals surface area (Å²) in [5.41, 5.74) is 15.1. The van der Waals surface area contributed by atoms with Gasteiger partial charge in [-0.2, -0.15) is 0 Å². The lowest BCUT2D eigenvalue weighted by Gasteiger charge is -2.21. The highest BCUT2D eigenvalue weighted by Gasteiger charge is 2.26. The molecule has 0 bridgehead atoms. The van der Waals surface area contributed by atoms with Crippen molar-refractivity contribution in [2.24, 2.45) is 40.2 Å². The minimum absolute atomic E-state index is 0.00849. The first kappa shape index (κ1) is 94.3. The molecule has 22 heteroatoms. The number of carbonyl (C=O) groups excluding carboxylic acids is 10. The Morgan fingerprint density at radius 1 is 0.394 bits per heavy atom. The Bertz CT molecular complexity index is 3810. The van der Waals surface area contributed by atoms with Gasteiger partial charge in [0.2, 0.25) is 41.4 Å². The molecule has 7 aromatic rings. The number of aryl methyl sites for hydroxylation is 2. The van der Waals surface area contributed by atoms with E-state index in [1.807, 2.05) is 226 Å². The maximum atomic E-state index is 12.2. The maximum absolute atomic E-state index is 12.2. The van der Waals surface area contributed by atoms with Crippen LogP contribution in [0.4, 0.5) is 23.0 Å². The number of anilines is 4. The summed E-state index contributed by atoms with van der Waals surface area (Å²) in [7, 11) is 0. The van der Waals surface area contributed by atoms with Gasteiger partial charge in [-0.3, -0.25) is 38.4 Å². The minimum Gasteiger partial charge on any atom is -0.454 e. The third kappa shape index (κ3) is 38.6. The van der Waals surface area contributed by atoms with E-state index < -0.39 is 11.9 Å². The summed E-state index contributed by atoms with van der Waals surface area (Å²) in [5.74, 6) is -0.295. The number of nitrogens with one attached hydrogen (secondary N) is 7. The Balaban J connectivity index is 0.000000450. The summed E-state index contributed by atoms with van der Waals surface area (Å²) in [4.78, 5) is 124. The summed E-state index contributed by atoms with van der Waals surface area (Å²) < 4.78 is 9.63. The predicted molar refractivity (Wildman–Crippen MR) is 435 cm³/mol. The van der Waals surface area contributed by atoms with E-state index in [0.29, 0.717) is 49.8 Å². The van der Waals surface area contributed by atoms with E-state index in [9.17, 15) is 47.9 Å². The van der Waals surface area contributed by atoms with E-state index >= 15 is 0 Å². The average Bonchev–Trinajstić information content (AvgIpc) is 0.884. The molecule has 1 heterocycles. The minimum atomic E-state index is -0.527. The number of hydrogen-bond acceptors (Lipinski definition) is 16. The van der Waals surface area contributed by atoms with Gasteiger partial charge in [-0.05, 0) is 161 Å². The van der Waals surface area contributed by atoms with Gasteiger partial charge in [0.25, 0.3) is 0 Å². The number of rotatable bonds is 31. The monoisotopic (exact) mass is 1500 g/mol. The molecule has 7 rings (SSSR count). The Labute approximate surface area is 646 Å². The Kier molecular flexibility index (Phi) is 43.9. The third-order valence-electron chi connectivity index (χ3n) is 17.8. The fourth-order valence-electron chi connectivity index (χ4n) is 8.57. The van der Waals surface area contributed by atoms with Gasteiger partial charge >= 0.3 is 11.9 Å². The maximum Gasteiger partial charge on any atom is 0.338 e. The van der Waals surface area contributed by atoms with Crippen molar-refractivity contribution in [3.63, 3.8) is 0 Å². The molecule has 0 radical (unpaired) electrons. The number of esters is 2. The first-order chi connectivity index (χ1) is 51.6. The standard InChI is InChI=1S/C19H26N4O.2C16H21NO4.C13H20N2O.C12H17NO.C11H15NO/c1-6-19(4,5)17(24)23-16-9-7-15(8-10-16)12-20-18-21-13(2)11-14(3)22-18;2*1-4-11(2)15(19)17-9-13-5-7-14(8-6-13)16(20)21-10-12(3)18;1-4-13(2,3)12(16)15-11-7-5-10(9-14)6-8-11;1-3-10(2)12(14)13-9-11-7-5-4-6-8-11;1-3-9(2)11(13)12-10-7-5-4-6-8-10/h7-11H,6,12H2,1-5H3,(H,23,24)(H,20,21,22);2*5-8,11H,4,9-10H2,1-3H3,(H,17,19);5-8H,4,9,14H2,1-3H3,(H,15,16);4-8,10H,3,9H2,1-2H3,(H,13,14);4-9H,3H2,1-2H3,(H,12,13)/t;2*11-;;10-;9-/m.00.00/s1. The molecule has 0 spiro atoms. The SMILES string of the molecule is CCC(C)(C)C(=O)Nc1ccc(CN)cc1.CCC(C)(C)C(=O)Nc1ccc(CNc2nc(C)cc(C)n2)cc1.CC[C@H](C)C(=O)NCc1ccc(C(=O)OCC(C)=O)cc1.CC[C@H](C)C(=O)NCc1ccc(C(=O)OCC(C)=O)cc1.CC[C@H](C)C(=O)NCc1ccccc1.CC[C@H](C)C(=O)Nc1ccccc1. The summed E-state index contributed by atoms with van der Waals surface area (Å²) in [6.07, 6.45) is 4.98. The molecule has 0 aliphatic rings. The highest BCUT2D eigenvalue weighted by atomic mass is 16.5.